The molecule has 27 heavy (non-hydrogen) atoms. The molecule has 0 spiro atoms. The number of amides is 1. The number of aromatic nitrogens is 1. The van der Waals surface area contributed by atoms with E-state index in [0.717, 1.165) is 0 Å². The van der Waals surface area contributed by atoms with E-state index >= 15 is 0 Å². The van der Waals surface area contributed by atoms with Crippen molar-refractivity contribution >= 4 is 23.2 Å². The van der Waals surface area contributed by atoms with Gasteiger partial charge in [0.2, 0.25) is 5.76 Å². The number of hydrogen-bond acceptors (Lipinski definition) is 5. The van der Waals surface area contributed by atoms with E-state index in [9.17, 15) is 13.6 Å². The maximum absolute atomic E-state index is 13.2. The Morgan fingerprint density at radius 2 is 1.81 bits per heavy atom. The summed E-state index contributed by atoms with van der Waals surface area (Å²) in [6.45, 7) is 1.71. The molecule has 0 saturated heterocycles. The quantitative estimate of drug-likeness (QED) is 0.687. The molecule has 2 heterocycles. The number of aryl methyl sites for hydroxylation is 1. The molecule has 6 nitrogen and oxygen atoms in total. The summed E-state index contributed by atoms with van der Waals surface area (Å²) in [6, 6.07) is 9.32. The molecule has 1 aromatic heterocycles. The van der Waals surface area contributed by atoms with Crippen LogP contribution in [-0.2, 0) is 0 Å². The standard InChI is InChI=1S/C18H11ClF2N2O4/c1-9-8-22-27-16(9)17(24)23-11-4-2-10(3-5-11)12-6-14-15(7-13(12)19)26-18(20,21)25-14/h2-8H,1H3,(H,23,24). The molecule has 0 fully saturated rings. The maximum Gasteiger partial charge on any atom is 0.586 e. The molecule has 4 rings (SSSR count). The number of carbonyl (C=O) groups excluding carboxylic acids is 1. The summed E-state index contributed by atoms with van der Waals surface area (Å²) < 4.78 is 40.1. The van der Waals surface area contributed by atoms with Crippen molar-refractivity contribution in [1.82, 2.24) is 5.16 Å². The van der Waals surface area contributed by atoms with Gasteiger partial charge in [0, 0.05) is 22.9 Å². The molecule has 138 valence electrons. The lowest BCUT2D eigenvalue weighted by molar-refractivity contribution is -0.286. The van der Waals surface area contributed by atoms with E-state index in [1.165, 1.54) is 18.3 Å². The van der Waals surface area contributed by atoms with Gasteiger partial charge in [-0.15, -0.1) is 8.78 Å². The highest BCUT2D eigenvalue weighted by Crippen LogP contribution is 2.46. The summed E-state index contributed by atoms with van der Waals surface area (Å²) in [5.74, 6) is -0.530. The molecular formula is C18H11ClF2N2O4. The summed E-state index contributed by atoms with van der Waals surface area (Å²) in [4.78, 5) is 12.1. The Bertz CT molecular complexity index is 1030. The number of halogens is 3. The molecule has 1 amide bonds. The Labute approximate surface area is 156 Å². The molecule has 3 aromatic rings. The first-order valence-corrected chi connectivity index (χ1v) is 8.13. The lowest BCUT2D eigenvalue weighted by Crippen LogP contribution is -2.25. The molecule has 2 aromatic carbocycles. The number of ether oxygens (including phenoxy) is 2. The Balaban J connectivity index is 1.57. The number of nitrogens with one attached hydrogen (secondary N) is 1. The van der Waals surface area contributed by atoms with Gasteiger partial charge in [-0.3, -0.25) is 4.79 Å². The number of nitrogens with zero attached hydrogens (tertiary/aromatic N) is 1. The zero-order valence-electron chi connectivity index (χ0n) is 13.8. The number of anilines is 1. The first-order chi connectivity index (χ1) is 12.8. The zero-order chi connectivity index (χ0) is 19.2. The largest absolute Gasteiger partial charge is 0.586 e. The fourth-order valence-electron chi connectivity index (χ4n) is 2.62. The van der Waals surface area contributed by atoms with Gasteiger partial charge in [0.1, 0.15) is 0 Å². The average molecular weight is 393 g/mol. The highest BCUT2D eigenvalue weighted by atomic mass is 35.5. The first-order valence-electron chi connectivity index (χ1n) is 7.75. The third-order valence-electron chi connectivity index (χ3n) is 3.90. The fraction of sp³-hybridized carbons (Fsp3) is 0.111. The molecule has 0 bridgehead atoms. The number of fused-ring (bicyclic) bond motifs is 1. The highest BCUT2D eigenvalue weighted by molar-refractivity contribution is 6.33. The van der Waals surface area contributed by atoms with E-state index in [0.29, 0.717) is 22.4 Å². The van der Waals surface area contributed by atoms with Gasteiger partial charge >= 0.3 is 6.29 Å². The van der Waals surface area contributed by atoms with Crippen LogP contribution < -0.4 is 14.8 Å². The minimum Gasteiger partial charge on any atom is -0.395 e. The molecule has 1 N–H and O–H groups in total. The van der Waals surface area contributed by atoms with Crippen molar-refractivity contribution in [2.75, 3.05) is 5.32 Å². The molecule has 0 aliphatic carbocycles. The van der Waals surface area contributed by atoms with Crippen molar-refractivity contribution in [2.45, 2.75) is 13.2 Å². The monoisotopic (exact) mass is 392 g/mol. The molecule has 0 unspecified atom stereocenters. The zero-order valence-corrected chi connectivity index (χ0v) is 14.5. The normalized spacial score (nSPS) is 14.2. The Hall–Kier alpha value is -3.13. The summed E-state index contributed by atoms with van der Waals surface area (Å²) >= 11 is 6.18. The minimum atomic E-state index is -3.71. The van der Waals surface area contributed by atoms with Gasteiger partial charge in [-0.05, 0) is 30.7 Å². The van der Waals surface area contributed by atoms with E-state index in [2.05, 4.69) is 19.9 Å². The number of benzene rings is 2. The topological polar surface area (TPSA) is 73.6 Å². The van der Waals surface area contributed by atoms with Gasteiger partial charge in [-0.1, -0.05) is 28.9 Å². The minimum absolute atomic E-state index is 0.0995. The van der Waals surface area contributed by atoms with Crippen molar-refractivity contribution in [2.24, 2.45) is 0 Å². The SMILES string of the molecule is Cc1cnoc1C(=O)Nc1ccc(-c2cc3c(cc2Cl)OC(F)(F)O3)cc1. The number of rotatable bonds is 3. The summed E-state index contributed by atoms with van der Waals surface area (Å²) in [7, 11) is 0. The Morgan fingerprint density at radius 1 is 1.15 bits per heavy atom. The second kappa shape index (κ2) is 6.24. The van der Waals surface area contributed by atoms with E-state index in [4.69, 9.17) is 16.1 Å². The predicted molar refractivity (Wildman–Crippen MR) is 92.3 cm³/mol. The van der Waals surface area contributed by atoms with Crippen molar-refractivity contribution in [3.63, 3.8) is 0 Å². The van der Waals surface area contributed by atoms with Crippen LogP contribution in [0.15, 0.2) is 47.1 Å². The summed E-state index contributed by atoms with van der Waals surface area (Å²) in [6.07, 6.45) is -2.26. The van der Waals surface area contributed by atoms with Crippen molar-refractivity contribution in [1.29, 1.82) is 0 Å². The van der Waals surface area contributed by atoms with E-state index < -0.39 is 12.2 Å². The van der Waals surface area contributed by atoms with Crippen LogP contribution in [0.3, 0.4) is 0 Å². The van der Waals surface area contributed by atoms with Crippen LogP contribution in [0.1, 0.15) is 16.1 Å². The van der Waals surface area contributed by atoms with E-state index in [1.54, 1.807) is 31.2 Å². The van der Waals surface area contributed by atoms with Crippen LogP contribution in [-0.4, -0.2) is 17.4 Å². The number of carbonyl (C=O) groups is 1. The van der Waals surface area contributed by atoms with Crippen LogP contribution in [0.2, 0.25) is 5.02 Å². The third-order valence-corrected chi connectivity index (χ3v) is 4.21. The van der Waals surface area contributed by atoms with Crippen LogP contribution in [0.25, 0.3) is 11.1 Å². The van der Waals surface area contributed by atoms with Gasteiger partial charge in [0.15, 0.2) is 11.5 Å². The highest BCUT2D eigenvalue weighted by Gasteiger charge is 2.43. The Kier molecular flexibility index (Phi) is 4.00. The van der Waals surface area contributed by atoms with Crippen LogP contribution >= 0.6 is 11.6 Å². The lowest BCUT2D eigenvalue weighted by Gasteiger charge is -2.08. The van der Waals surface area contributed by atoms with Crippen LogP contribution in [0.5, 0.6) is 11.5 Å². The van der Waals surface area contributed by atoms with Crippen molar-refractivity contribution < 1.29 is 27.6 Å². The van der Waals surface area contributed by atoms with Gasteiger partial charge < -0.3 is 19.3 Å². The number of alkyl halides is 2. The van der Waals surface area contributed by atoms with Gasteiger partial charge in [0.05, 0.1) is 11.2 Å². The molecule has 9 heteroatoms. The summed E-state index contributed by atoms with van der Waals surface area (Å²) in [5.41, 5.74) is 2.27. The fourth-order valence-corrected chi connectivity index (χ4v) is 2.89. The van der Waals surface area contributed by atoms with Crippen molar-refractivity contribution in [3.8, 4) is 22.6 Å². The first kappa shape index (κ1) is 17.3. The second-order valence-electron chi connectivity index (χ2n) is 5.82. The average Bonchev–Trinajstić information content (AvgIpc) is 3.16. The number of hydrogen-bond donors (Lipinski definition) is 1. The maximum atomic E-state index is 13.2. The summed E-state index contributed by atoms with van der Waals surface area (Å²) in [5, 5.41) is 6.47. The van der Waals surface area contributed by atoms with E-state index in [1.807, 2.05) is 0 Å². The van der Waals surface area contributed by atoms with Gasteiger partial charge in [-0.25, -0.2) is 0 Å². The molecule has 0 atom stereocenters. The Morgan fingerprint density at radius 3 is 2.44 bits per heavy atom. The lowest BCUT2D eigenvalue weighted by atomic mass is 10.0. The molecular weight excluding hydrogens is 382 g/mol. The third kappa shape index (κ3) is 3.31. The molecule has 0 radical (unpaired) electrons. The van der Waals surface area contributed by atoms with Gasteiger partial charge in [-0.2, -0.15) is 0 Å². The van der Waals surface area contributed by atoms with Crippen LogP contribution in [0.4, 0.5) is 14.5 Å². The molecule has 1 aliphatic heterocycles. The van der Waals surface area contributed by atoms with E-state index in [-0.39, 0.29) is 22.3 Å². The van der Waals surface area contributed by atoms with Gasteiger partial charge in [0.25, 0.3) is 5.91 Å². The van der Waals surface area contributed by atoms with Crippen LogP contribution in [0, 0.1) is 6.92 Å². The molecule has 0 saturated carbocycles. The smallest absolute Gasteiger partial charge is 0.395 e. The second-order valence-corrected chi connectivity index (χ2v) is 6.22. The van der Waals surface area contributed by atoms with Crippen molar-refractivity contribution in [3.05, 3.63) is 58.9 Å². The predicted octanol–water partition coefficient (Wildman–Crippen LogP) is 4.88. The molecule has 1 aliphatic rings.